The SMILES string of the molecule is CCOC(=O)C(=CN(c1cccc(C)c1)N1C(=O)c2ccccc2C1=O)C(=O)OCC. The van der Waals surface area contributed by atoms with E-state index in [0.29, 0.717) is 5.69 Å². The van der Waals surface area contributed by atoms with Gasteiger partial charge in [-0.15, -0.1) is 0 Å². The molecule has 0 fully saturated rings. The molecule has 3 rings (SSSR count). The summed E-state index contributed by atoms with van der Waals surface area (Å²) >= 11 is 0. The van der Waals surface area contributed by atoms with Crippen LogP contribution in [0.3, 0.4) is 0 Å². The van der Waals surface area contributed by atoms with E-state index in [0.717, 1.165) is 16.8 Å². The van der Waals surface area contributed by atoms with Gasteiger partial charge in [0.15, 0.2) is 5.57 Å². The minimum Gasteiger partial charge on any atom is -0.462 e. The lowest BCUT2D eigenvalue weighted by molar-refractivity contribution is -0.146. The number of hydrogen-bond donors (Lipinski definition) is 0. The molecule has 1 aliphatic rings. The van der Waals surface area contributed by atoms with Gasteiger partial charge in [0.05, 0.1) is 30.0 Å². The molecule has 0 radical (unpaired) electrons. The molecule has 0 saturated carbocycles. The number of aryl methyl sites for hydroxylation is 1. The molecule has 0 N–H and O–H groups in total. The maximum Gasteiger partial charge on any atom is 0.347 e. The Morgan fingerprint density at radius 2 is 1.45 bits per heavy atom. The minimum absolute atomic E-state index is 0.0348. The third-order valence-electron chi connectivity index (χ3n) is 4.50. The van der Waals surface area contributed by atoms with Gasteiger partial charge in [-0.25, -0.2) is 14.6 Å². The maximum absolute atomic E-state index is 13.1. The van der Waals surface area contributed by atoms with E-state index in [-0.39, 0.29) is 24.3 Å². The number of benzene rings is 2. The molecule has 0 atom stereocenters. The van der Waals surface area contributed by atoms with E-state index in [2.05, 4.69) is 0 Å². The van der Waals surface area contributed by atoms with Crippen molar-refractivity contribution in [3.05, 3.63) is 77.0 Å². The van der Waals surface area contributed by atoms with Gasteiger partial charge >= 0.3 is 11.9 Å². The van der Waals surface area contributed by atoms with Crippen molar-refractivity contribution in [2.75, 3.05) is 18.2 Å². The Balaban J connectivity index is 2.16. The van der Waals surface area contributed by atoms with E-state index in [4.69, 9.17) is 9.47 Å². The number of hydrazine groups is 1. The van der Waals surface area contributed by atoms with Gasteiger partial charge in [0.25, 0.3) is 11.8 Å². The summed E-state index contributed by atoms with van der Waals surface area (Å²) in [7, 11) is 0. The van der Waals surface area contributed by atoms with Gasteiger partial charge in [-0.3, -0.25) is 9.59 Å². The smallest absolute Gasteiger partial charge is 0.347 e. The molecule has 0 spiro atoms. The van der Waals surface area contributed by atoms with Crippen molar-refractivity contribution in [2.45, 2.75) is 20.8 Å². The summed E-state index contributed by atoms with van der Waals surface area (Å²) in [4.78, 5) is 51.1. The van der Waals surface area contributed by atoms with Gasteiger partial charge in [-0.2, -0.15) is 5.01 Å². The normalized spacial score (nSPS) is 12.3. The number of esters is 2. The summed E-state index contributed by atoms with van der Waals surface area (Å²) in [6.45, 7) is 5.11. The summed E-state index contributed by atoms with van der Waals surface area (Å²) in [5.74, 6) is -3.00. The first-order valence-corrected chi connectivity index (χ1v) is 9.78. The van der Waals surface area contributed by atoms with Crippen LogP contribution in [0.1, 0.15) is 40.1 Å². The van der Waals surface area contributed by atoms with E-state index in [1.165, 1.54) is 5.01 Å². The van der Waals surface area contributed by atoms with E-state index in [9.17, 15) is 19.2 Å². The van der Waals surface area contributed by atoms with Crippen LogP contribution in [0.5, 0.6) is 0 Å². The van der Waals surface area contributed by atoms with Gasteiger partial charge in [0.2, 0.25) is 0 Å². The second kappa shape index (κ2) is 9.25. The molecule has 2 aromatic carbocycles. The molecule has 0 saturated heterocycles. The molecule has 0 aromatic heterocycles. The lowest BCUT2D eigenvalue weighted by Crippen LogP contribution is -2.44. The second-order valence-electron chi connectivity index (χ2n) is 6.63. The molecule has 8 nitrogen and oxygen atoms in total. The number of rotatable bonds is 7. The van der Waals surface area contributed by atoms with Gasteiger partial charge in [0, 0.05) is 6.20 Å². The molecule has 2 aromatic rings. The standard InChI is InChI=1S/C23H22N2O6/c1-4-30-22(28)19(23(29)31-5-2)14-24(16-10-8-9-15(3)13-16)25-20(26)17-11-6-7-12-18(17)21(25)27/h6-14H,4-5H2,1-3H3. The summed E-state index contributed by atoms with van der Waals surface area (Å²) in [5.41, 5.74) is 1.27. The Morgan fingerprint density at radius 1 is 0.903 bits per heavy atom. The number of ether oxygens (including phenoxy) is 2. The molecular formula is C23H22N2O6. The lowest BCUT2D eigenvalue weighted by atomic mass is 10.1. The van der Waals surface area contributed by atoms with Gasteiger partial charge < -0.3 is 9.47 Å². The Hall–Kier alpha value is -3.94. The highest BCUT2D eigenvalue weighted by molar-refractivity contribution is 6.22. The number of nitrogens with zero attached hydrogens (tertiary/aromatic N) is 2. The zero-order chi connectivity index (χ0) is 22.5. The predicted octanol–water partition coefficient (Wildman–Crippen LogP) is 3.02. The zero-order valence-corrected chi connectivity index (χ0v) is 17.5. The first-order valence-electron chi connectivity index (χ1n) is 9.78. The number of amides is 2. The first kappa shape index (κ1) is 21.8. The highest BCUT2D eigenvalue weighted by Crippen LogP contribution is 2.29. The molecule has 0 bridgehead atoms. The fourth-order valence-electron chi connectivity index (χ4n) is 3.12. The topological polar surface area (TPSA) is 93.2 Å². The van der Waals surface area contributed by atoms with E-state index >= 15 is 0 Å². The van der Waals surface area contributed by atoms with Crippen LogP contribution >= 0.6 is 0 Å². The summed E-state index contributed by atoms with van der Waals surface area (Å²) in [6, 6.07) is 13.3. The van der Waals surface area contributed by atoms with Gasteiger partial charge in [-0.05, 0) is 50.6 Å². The first-order chi connectivity index (χ1) is 14.9. The number of anilines is 1. The number of imide groups is 1. The lowest BCUT2D eigenvalue weighted by Gasteiger charge is -2.29. The van der Waals surface area contributed by atoms with Crippen LogP contribution in [0.4, 0.5) is 5.69 Å². The van der Waals surface area contributed by atoms with Crippen LogP contribution < -0.4 is 5.01 Å². The summed E-state index contributed by atoms with van der Waals surface area (Å²) < 4.78 is 9.97. The van der Waals surface area contributed by atoms with Crippen LogP contribution in [0.15, 0.2) is 60.3 Å². The monoisotopic (exact) mass is 422 g/mol. The van der Waals surface area contributed by atoms with Crippen LogP contribution in [0.2, 0.25) is 0 Å². The average Bonchev–Trinajstić information content (AvgIpc) is 3.00. The molecule has 0 aliphatic carbocycles. The predicted molar refractivity (Wildman–Crippen MR) is 112 cm³/mol. The molecule has 1 aliphatic heterocycles. The number of fused-ring (bicyclic) bond motifs is 1. The van der Waals surface area contributed by atoms with Crippen molar-refractivity contribution in [2.24, 2.45) is 0 Å². The van der Waals surface area contributed by atoms with Crippen LogP contribution in [0.25, 0.3) is 0 Å². The Bertz CT molecular complexity index is 1020. The quantitative estimate of drug-likeness (QED) is 0.223. The van der Waals surface area contributed by atoms with E-state index < -0.39 is 29.3 Å². The Kier molecular flexibility index (Phi) is 6.49. The van der Waals surface area contributed by atoms with E-state index in [1.54, 1.807) is 56.3 Å². The summed E-state index contributed by atoms with van der Waals surface area (Å²) in [6.07, 6.45) is 1.10. The fraction of sp³-hybridized carbons (Fsp3) is 0.217. The Labute approximate surface area is 179 Å². The van der Waals surface area contributed by atoms with Gasteiger partial charge in [-0.1, -0.05) is 24.3 Å². The van der Waals surface area contributed by atoms with Crippen molar-refractivity contribution >= 4 is 29.4 Å². The molecular weight excluding hydrogens is 400 g/mol. The van der Waals surface area contributed by atoms with Crippen molar-refractivity contribution in [1.29, 1.82) is 0 Å². The molecule has 160 valence electrons. The number of carbonyl (C=O) groups is 4. The van der Waals surface area contributed by atoms with Crippen molar-refractivity contribution in [3.63, 3.8) is 0 Å². The largest absolute Gasteiger partial charge is 0.462 e. The third kappa shape index (κ3) is 4.32. The molecule has 1 heterocycles. The van der Waals surface area contributed by atoms with Crippen molar-refractivity contribution in [1.82, 2.24) is 5.01 Å². The highest BCUT2D eigenvalue weighted by Gasteiger charge is 2.40. The number of hydrogen-bond acceptors (Lipinski definition) is 7. The van der Waals surface area contributed by atoms with Gasteiger partial charge in [0.1, 0.15) is 0 Å². The Morgan fingerprint density at radius 3 is 1.94 bits per heavy atom. The second-order valence-corrected chi connectivity index (χ2v) is 6.63. The average molecular weight is 422 g/mol. The minimum atomic E-state index is -0.921. The molecule has 31 heavy (non-hydrogen) atoms. The molecule has 8 heteroatoms. The third-order valence-corrected chi connectivity index (χ3v) is 4.50. The zero-order valence-electron chi connectivity index (χ0n) is 17.5. The van der Waals surface area contributed by atoms with Crippen LogP contribution in [-0.4, -0.2) is 42.0 Å². The highest BCUT2D eigenvalue weighted by atomic mass is 16.6. The summed E-state index contributed by atoms with van der Waals surface area (Å²) in [5, 5.41) is 2.07. The molecule has 0 unspecified atom stereocenters. The van der Waals surface area contributed by atoms with Crippen LogP contribution in [0, 0.1) is 6.92 Å². The van der Waals surface area contributed by atoms with Crippen LogP contribution in [-0.2, 0) is 19.1 Å². The van der Waals surface area contributed by atoms with Crippen molar-refractivity contribution in [3.8, 4) is 0 Å². The maximum atomic E-state index is 13.1. The fourth-order valence-corrected chi connectivity index (χ4v) is 3.12. The molecule has 2 amide bonds. The number of carbonyl (C=O) groups excluding carboxylic acids is 4. The van der Waals surface area contributed by atoms with Crippen molar-refractivity contribution < 1.29 is 28.7 Å². The van der Waals surface area contributed by atoms with E-state index in [1.807, 2.05) is 13.0 Å².